The maximum absolute atomic E-state index is 12.6. The normalized spacial score (nSPS) is 32.3. The molecule has 3 aliphatic rings. The summed E-state index contributed by atoms with van der Waals surface area (Å²) in [5.41, 5.74) is 6.39. The van der Waals surface area contributed by atoms with Gasteiger partial charge >= 0.3 is 0 Å². The Kier molecular flexibility index (Phi) is 3.46. The fourth-order valence-electron chi connectivity index (χ4n) is 4.18. The number of piperazine rings is 1. The van der Waals surface area contributed by atoms with Crippen molar-refractivity contribution >= 4 is 11.7 Å². The first-order chi connectivity index (χ1) is 11.2. The summed E-state index contributed by atoms with van der Waals surface area (Å²) in [6, 6.07) is 6.73. The summed E-state index contributed by atoms with van der Waals surface area (Å²) in [6.07, 6.45) is 5.50. The number of nitrogens with zero attached hydrogens (tertiary/aromatic N) is 4. The molecule has 0 aromatic carbocycles. The Labute approximate surface area is 135 Å². The molecule has 0 radical (unpaired) electrons. The molecule has 2 unspecified atom stereocenters. The van der Waals surface area contributed by atoms with Crippen LogP contribution in [0.3, 0.4) is 0 Å². The zero-order valence-corrected chi connectivity index (χ0v) is 13.1. The van der Waals surface area contributed by atoms with E-state index in [4.69, 9.17) is 11.0 Å². The Morgan fingerprint density at radius 1 is 1.26 bits per heavy atom. The second-order valence-corrected chi connectivity index (χ2v) is 6.98. The maximum atomic E-state index is 12.6. The van der Waals surface area contributed by atoms with Gasteiger partial charge in [-0.25, -0.2) is 4.98 Å². The van der Waals surface area contributed by atoms with Gasteiger partial charge in [-0.15, -0.1) is 0 Å². The van der Waals surface area contributed by atoms with Gasteiger partial charge < -0.3 is 15.5 Å². The number of likely N-dealkylation sites (tertiary alicyclic amines) is 1. The first-order valence-electron chi connectivity index (χ1n) is 8.34. The van der Waals surface area contributed by atoms with Gasteiger partial charge in [0.15, 0.2) is 0 Å². The molecule has 1 aromatic heterocycles. The fourth-order valence-corrected chi connectivity index (χ4v) is 4.18. The van der Waals surface area contributed by atoms with Crippen molar-refractivity contribution in [1.82, 2.24) is 9.88 Å². The van der Waals surface area contributed by atoms with Gasteiger partial charge in [0.1, 0.15) is 11.9 Å². The number of nitriles is 1. The molecule has 2 saturated heterocycles. The van der Waals surface area contributed by atoms with Gasteiger partial charge in [-0.1, -0.05) is 0 Å². The van der Waals surface area contributed by atoms with E-state index in [0.29, 0.717) is 17.6 Å². The summed E-state index contributed by atoms with van der Waals surface area (Å²) in [4.78, 5) is 21.4. The Morgan fingerprint density at radius 3 is 2.48 bits per heavy atom. The number of carbonyl (C=O) groups is 1. The fraction of sp³-hybridized carbons (Fsp3) is 0.588. The molecule has 120 valence electrons. The van der Waals surface area contributed by atoms with Crippen molar-refractivity contribution in [2.45, 2.75) is 43.8 Å². The third-order valence-electron chi connectivity index (χ3n) is 5.46. The molecule has 1 aromatic rings. The number of carbonyl (C=O) groups excluding carboxylic acids is 1. The molecule has 23 heavy (non-hydrogen) atoms. The number of fused-ring (bicyclic) bond motifs is 2. The van der Waals surface area contributed by atoms with E-state index in [1.54, 1.807) is 6.20 Å². The van der Waals surface area contributed by atoms with Gasteiger partial charge in [-0.2, -0.15) is 5.26 Å². The Balaban J connectivity index is 1.47. The molecule has 1 saturated carbocycles. The first-order valence-corrected chi connectivity index (χ1v) is 8.34. The minimum Gasteiger partial charge on any atom is -0.347 e. The van der Waals surface area contributed by atoms with Crippen LogP contribution in [0.15, 0.2) is 18.3 Å². The van der Waals surface area contributed by atoms with E-state index in [-0.39, 0.29) is 17.9 Å². The van der Waals surface area contributed by atoms with Crippen molar-refractivity contribution in [3.05, 3.63) is 23.9 Å². The third-order valence-corrected chi connectivity index (χ3v) is 5.46. The highest BCUT2D eigenvalue weighted by Gasteiger charge is 2.44. The summed E-state index contributed by atoms with van der Waals surface area (Å²) >= 11 is 0. The van der Waals surface area contributed by atoms with E-state index in [1.807, 2.05) is 17.0 Å². The van der Waals surface area contributed by atoms with Gasteiger partial charge in [0, 0.05) is 43.3 Å². The van der Waals surface area contributed by atoms with Crippen molar-refractivity contribution in [2.75, 3.05) is 18.0 Å². The molecule has 1 aliphatic carbocycles. The van der Waals surface area contributed by atoms with Crippen LogP contribution in [0.2, 0.25) is 0 Å². The number of rotatable bonds is 2. The largest absolute Gasteiger partial charge is 0.347 e. The van der Waals surface area contributed by atoms with Crippen LogP contribution in [0, 0.1) is 17.2 Å². The van der Waals surface area contributed by atoms with Crippen molar-refractivity contribution in [2.24, 2.45) is 11.7 Å². The molecule has 2 N–H and O–H groups in total. The summed E-state index contributed by atoms with van der Waals surface area (Å²) in [5.74, 6) is 1.36. The summed E-state index contributed by atoms with van der Waals surface area (Å²) in [7, 11) is 0. The monoisotopic (exact) mass is 311 g/mol. The molecule has 6 heteroatoms. The van der Waals surface area contributed by atoms with Crippen molar-refractivity contribution in [3.63, 3.8) is 0 Å². The Hall–Kier alpha value is -2.13. The molecule has 6 nitrogen and oxygen atoms in total. The van der Waals surface area contributed by atoms with Gasteiger partial charge in [0.25, 0.3) is 0 Å². The summed E-state index contributed by atoms with van der Waals surface area (Å²) in [6.45, 7) is 1.56. The van der Waals surface area contributed by atoms with Crippen LogP contribution >= 0.6 is 0 Å². The number of amides is 1. The smallest absolute Gasteiger partial charge is 0.225 e. The average molecular weight is 311 g/mol. The van der Waals surface area contributed by atoms with E-state index in [2.05, 4.69) is 16.0 Å². The van der Waals surface area contributed by atoms with Crippen LogP contribution in [-0.4, -0.2) is 47.0 Å². The molecule has 2 bridgehead atoms. The predicted molar refractivity (Wildman–Crippen MR) is 85.5 cm³/mol. The van der Waals surface area contributed by atoms with Crippen LogP contribution in [0.1, 0.15) is 31.2 Å². The van der Waals surface area contributed by atoms with Crippen LogP contribution < -0.4 is 10.6 Å². The van der Waals surface area contributed by atoms with Gasteiger partial charge in [0.05, 0.1) is 5.56 Å². The molecule has 0 spiro atoms. The van der Waals surface area contributed by atoms with E-state index in [1.165, 1.54) is 0 Å². The molecule has 4 rings (SSSR count). The molecule has 1 amide bonds. The maximum Gasteiger partial charge on any atom is 0.225 e. The van der Waals surface area contributed by atoms with Crippen LogP contribution in [-0.2, 0) is 4.79 Å². The zero-order valence-electron chi connectivity index (χ0n) is 13.1. The van der Waals surface area contributed by atoms with Gasteiger partial charge in [-0.05, 0) is 37.8 Å². The Bertz CT molecular complexity index is 632. The topological polar surface area (TPSA) is 86.2 Å². The van der Waals surface area contributed by atoms with Crippen molar-refractivity contribution < 1.29 is 4.79 Å². The SMILES string of the molecule is N#Cc1ccc(N2C3CCC2CN(C(=O)C2CC(N)C2)C3)nc1. The van der Waals surface area contributed by atoms with E-state index in [9.17, 15) is 4.79 Å². The predicted octanol–water partition coefficient (Wildman–Crippen LogP) is 0.870. The standard InChI is InChI=1S/C17H21N5O/c18-7-11-1-4-16(20-8-11)22-14-2-3-15(22)10-21(9-14)17(23)12-5-13(19)6-12/h1,4,8,12-15H,2-3,5-6,9-10,19H2. The number of hydrogen-bond donors (Lipinski definition) is 1. The van der Waals surface area contributed by atoms with Gasteiger partial charge in [-0.3, -0.25) is 4.79 Å². The number of nitrogens with two attached hydrogens (primary N) is 1. The molecular weight excluding hydrogens is 290 g/mol. The average Bonchev–Trinajstić information content (AvgIpc) is 2.81. The van der Waals surface area contributed by atoms with E-state index >= 15 is 0 Å². The highest BCUT2D eigenvalue weighted by Crippen LogP contribution is 2.36. The Morgan fingerprint density at radius 2 is 1.96 bits per heavy atom. The number of aromatic nitrogens is 1. The van der Waals surface area contributed by atoms with Crippen molar-refractivity contribution in [3.8, 4) is 6.07 Å². The zero-order chi connectivity index (χ0) is 16.0. The summed E-state index contributed by atoms with van der Waals surface area (Å²) < 4.78 is 0. The third kappa shape index (κ3) is 2.45. The highest BCUT2D eigenvalue weighted by molar-refractivity contribution is 5.80. The highest BCUT2D eigenvalue weighted by atomic mass is 16.2. The first kappa shape index (κ1) is 14.5. The minimum absolute atomic E-state index is 0.143. The second kappa shape index (κ2) is 5.50. The molecule has 2 atom stereocenters. The lowest BCUT2D eigenvalue weighted by atomic mass is 9.80. The van der Waals surface area contributed by atoms with Gasteiger partial charge in [0.2, 0.25) is 5.91 Å². The number of pyridine rings is 1. The van der Waals surface area contributed by atoms with E-state index < -0.39 is 0 Å². The number of hydrogen-bond acceptors (Lipinski definition) is 5. The van der Waals surface area contributed by atoms with Crippen LogP contribution in [0.5, 0.6) is 0 Å². The quantitative estimate of drug-likeness (QED) is 0.876. The lowest BCUT2D eigenvalue weighted by Gasteiger charge is -2.44. The van der Waals surface area contributed by atoms with E-state index in [0.717, 1.165) is 44.6 Å². The van der Waals surface area contributed by atoms with Crippen LogP contribution in [0.4, 0.5) is 5.82 Å². The molecule has 2 aliphatic heterocycles. The number of anilines is 1. The molecular formula is C17H21N5O. The molecule has 3 heterocycles. The second-order valence-electron chi connectivity index (χ2n) is 6.98. The minimum atomic E-state index is 0.143. The lowest BCUT2D eigenvalue weighted by Crippen LogP contribution is -2.58. The molecule has 3 fully saturated rings. The van der Waals surface area contributed by atoms with Crippen molar-refractivity contribution in [1.29, 1.82) is 5.26 Å². The van der Waals surface area contributed by atoms with Crippen LogP contribution in [0.25, 0.3) is 0 Å². The summed E-state index contributed by atoms with van der Waals surface area (Å²) in [5, 5.41) is 8.89. The lowest BCUT2D eigenvalue weighted by molar-refractivity contribution is -0.139.